The molecular weight excluding hydrogens is 228 g/mol. The third-order valence-corrected chi connectivity index (χ3v) is 2.24. The van der Waals surface area contributed by atoms with Gasteiger partial charge in [0.1, 0.15) is 6.61 Å². The van der Waals surface area contributed by atoms with Gasteiger partial charge < -0.3 is 9.15 Å². The van der Waals surface area contributed by atoms with Gasteiger partial charge in [-0.15, -0.1) is 10.2 Å². The van der Waals surface area contributed by atoms with Crippen LogP contribution in [-0.4, -0.2) is 16.8 Å². The van der Waals surface area contributed by atoms with Gasteiger partial charge in [0.2, 0.25) is 11.8 Å². The summed E-state index contributed by atoms with van der Waals surface area (Å²) in [5.41, 5.74) is 0.847. The minimum Gasteiger partial charge on any atom is -0.418 e. The standard InChI is InChI=1S/C11H11ClN2O2/c1-2-15-7-10-13-14-11(16-10)8-3-5-9(12)6-4-8/h3-6H,2,7H2,1H3. The third-order valence-electron chi connectivity index (χ3n) is 1.99. The van der Waals surface area contributed by atoms with E-state index in [1.807, 2.05) is 19.1 Å². The van der Waals surface area contributed by atoms with E-state index in [2.05, 4.69) is 10.2 Å². The summed E-state index contributed by atoms with van der Waals surface area (Å²) in [6.45, 7) is 2.88. The monoisotopic (exact) mass is 238 g/mol. The molecule has 0 bridgehead atoms. The zero-order valence-electron chi connectivity index (χ0n) is 8.81. The highest BCUT2D eigenvalue weighted by Crippen LogP contribution is 2.20. The van der Waals surface area contributed by atoms with Gasteiger partial charge in [0, 0.05) is 17.2 Å². The average molecular weight is 239 g/mol. The second-order valence-electron chi connectivity index (χ2n) is 3.14. The molecule has 0 aliphatic carbocycles. The number of rotatable bonds is 4. The second kappa shape index (κ2) is 5.09. The van der Waals surface area contributed by atoms with E-state index < -0.39 is 0 Å². The average Bonchev–Trinajstić information content (AvgIpc) is 2.76. The maximum absolute atomic E-state index is 5.79. The highest BCUT2D eigenvalue weighted by atomic mass is 35.5. The largest absolute Gasteiger partial charge is 0.418 e. The number of halogens is 1. The molecule has 2 aromatic rings. The van der Waals surface area contributed by atoms with E-state index in [4.69, 9.17) is 20.8 Å². The Morgan fingerprint density at radius 2 is 2.00 bits per heavy atom. The Balaban J connectivity index is 2.15. The van der Waals surface area contributed by atoms with Crippen molar-refractivity contribution in [3.05, 3.63) is 35.2 Å². The maximum atomic E-state index is 5.79. The molecule has 0 unspecified atom stereocenters. The van der Waals surface area contributed by atoms with Crippen LogP contribution in [0.4, 0.5) is 0 Å². The van der Waals surface area contributed by atoms with Gasteiger partial charge in [-0.3, -0.25) is 0 Å². The molecule has 2 rings (SSSR count). The fourth-order valence-corrected chi connectivity index (χ4v) is 1.34. The first-order valence-corrected chi connectivity index (χ1v) is 5.33. The van der Waals surface area contributed by atoms with Crippen molar-refractivity contribution in [2.24, 2.45) is 0 Å². The molecule has 0 fully saturated rings. The number of ether oxygens (including phenoxy) is 1. The molecule has 0 radical (unpaired) electrons. The second-order valence-corrected chi connectivity index (χ2v) is 3.58. The summed E-state index contributed by atoms with van der Waals surface area (Å²) >= 11 is 5.79. The van der Waals surface area contributed by atoms with Gasteiger partial charge in [-0.1, -0.05) is 11.6 Å². The Kier molecular flexibility index (Phi) is 3.54. The van der Waals surface area contributed by atoms with Crippen LogP contribution in [0.1, 0.15) is 12.8 Å². The predicted molar refractivity (Wildman–Crippen MR) is 60.1 cm³/mol. The first-order valence-electron chi connectivity index (χ1n) is 4.95. The lowest BCUT2D eigenvalue weighted by Crippen LogP contribution is -1.91. The molecule has 5 heteroatoms. The van der Waals surface area contributed by atoms with Crippen molar-refractivity contribution in [2.45, 2.75) is 13.5 Å². The fourth-order valence-electron chi connectivity index (χ4n) is 1.21. The molecule has 0 atom stereocenters. The molecule has 0 saturated heterocycles. The molecule has 1 aromatic carbocycles. The van der Waals surface area contributed by atoms with Crippen LogP contribution < -0.4 is 0 Å². The molecule has 1 heterocycles. The lowest BCUT2D eigenvalue weighted by Gasteiger charge is -1.95. The maximum Gasteiger partial charge on any atom is 0.247 e. The van der Waals surface area contributed by atoms with E-state index >= 15 is 0 Å². The number of nitrogens with zero attached hydrogens (tertiary/aromatic N) is 2. The van der Waals surface area contributed by atoms with Crippen LogP contribution >= 0.6 is 11.6 Å². The zero-order chi connectivity index (χ0) is 11.4. The van der Waals surface area contributed by atoms with E-state index in [9.17, 15) is 0 Å². The Morgan fingerprint density at radius 1 is 1.25 bits per heavy atom. The number of hydrogen-bond donors (Lipinski definition) is 0. The zero-order valence-corrected chi connectivity index (χ0v) is 9.57. The van der Waals surface area contributed by atoms with Crippen LogP contribution in [-0.2, 0) is 11.3 Å². The summed E-state index contributed by atoms with van der Waals surface area (Å²) < 4.78 is 10.6. The first-order chi connectivity index (χ1) is 7.79. The van der Waals surface area contributed by atoms with Crippen molar-refractivity contribution in [1.82, 2.24) is 10.2 Å². The SMILES string of the molecule is CCOCc1nnc(-c2ccc(Cl)cc2)o1. The topological polar surface area (TPSA) is 48.2 Å². The van der Waals surface area contributed by atoms with Crippen LogP contribution in [0.2, 0.25) is 5.02 Å². The van der Waals surface area contributed by atoms with Crippen LogP contribution in [0.3, 0.4) is 0 Å². The Hall–Kier alpha value is -1.39. The molecule has 0 aliphatic rings. The lowest BCUT2D eigenvalue weighted by atomic mass is 10.2. The van der Waals surface area contributed by atoms with E-state index in [0.717, 1.165) is 5.56 Å². The van der Waals surface area contributed by atoms with Crippen LogP contribution in [0.25, 0.3) is 11.5 Å². The Bertz CT molecular complexity index is 453. The molecule has 84 valence electrons. The summed E-state index contributed by atoms with van der Waals surface area (Å²) in [6, 6.07) is 7.23. The van der Waals surface area contributed by atoms with Crippen molar-refractivity contribution in [1.29, 1.82) is 0 Å². The van der Waals surface area contributed by atoms with Crippen molar-refractivity contribution >= 4 is 11.6 Å². The molecular formula is C11H11ClN2O2. The molecule has 1 aromatic heterocycles. The van der Waals surface area contributed by atoms with E-state index in [0.29, 0.717) is 30.0 Å². The highest BCUT2D eigenvalue weighted by Gasteiger charge is 2.07. The van der Waals surface area contributed by atoms with Crippen molar-refractivity contribution in [3.8, 4) is 11.5 Å². The summed E-state index contributed by atoms with van der Waals surface area (Å²) in [5, 5.41) is 8.49. The van der Waals surface area contributed by atoms with Gasteiger partial charge in [-0.25, -0.2) is 0 Å². The van der Waals surface area contributed by atoms with Crippen molar-refractivity contribution < 1.29 is 9.15 Å². The normalized spacial score (nSPS) is 10.6. The molecule has 4 nitrogen and oxygen atoms in total. The quantitative estimate of drug-likeness (QED) is 0.822. The summed E-state index contributed by atoms with van der Waals surface area (Å²) in [6.07, 6.45) is 0. The fraction of sp³-hybridized carbons (Fsp3) is 0.273. The molecule has 0 amide bonds. The molecule has 0 N–H and O–H groups in total. The number of aromatic nitrogens is 2. The predicted octanol–water partition coefficient (Wildman–Crippen LogP) is 2.93. The highest BCUT2D eigenvalue weighted by molar-refractivity contribution is 6.30. The summed E-state index contributed by atoms with van der Waals surface area (Å²) in [4.78, 5) is 0. The number of benzene rings is 1. The Labute approximate surface area is 98.2 Å². The summed E-state index contributed by atoms with van der Waals surface area (Å²) in [5.74, 6) is 0.957. The molecule has 0 saturated carbocycles. The van der Waals surface area contributed by atoms with Crippen LogP contribution in [0, 0.1) is 0 Å². The van der Waals surface area contributed by atoms with Gasteiger partial charge in [0.05, 0.1) is 0 Å². The number of hydrogen-bond acceptors (Lipinski definition) is 4. The van der Waals surface area contributed by atoms with E-state index in [1.165, 1.54) is 0 Å². The van der Waals surface area contributed by atoms with Crippen molar-refractivity contribution in [3.63, 3.8) is 0 Å². The van der Waals surface area contributed by atoms with Crippen LogP contribution in [0.5, 0.6) is 0 Å². The van der Waals surface area contributed by atoms with Gasteiger partial charge in [-0.05, 0) is 31.2 Å². The van der Waals surface area contributed by atoms with Crippen LogP contribution in [0.15, 0.2) is 28.7 Å². The van der Waals surface area contributed by atoms with Crippen molar-refractivity contribution in [2.75, 3.05) is 6.61 Å². The first kappa shape index (κ1) is 11.1. The minimum absolute atomic E-state index is 0.344. The van der Waals surface area contributed by atoms with Gasteiger partial charge in [0.25, 0.3) is 0 Å². The molecule has 0 aliphatic heterocycles. The van der Waals surface area contributed by atoms with Gasteiger partial charge in [-0.2, -0.15) is 0 Å². The Morgan fingerprint density at radius 3 is 2.69 bits per heavy atom. The van der Waals surface area contributed by atoms with E-state index in [-0.39, 0.29) is 0 Å². The van der Waals surface area contributed by atoms with E-state index in [1.54, 1.807) is 12.1 Å². The smallest absolute Gasteiger partial charge is 0.247 e. The molecule has 0 spiro atoms. The third kappa shape index (κ3) is 2.59. The van der Waals surface area contributed by atoms with Gasteiger partial charge in [0.15, 0.2) is 0 Å². The van der Waals surface area contributed by atoms with Gasteiger partial charge >= 0.3 is 0 Å². The lowest BCUT2D eigenvalue weighted by molar-refractivity contribution is 0.115. The minimum atomic E-state index is 0.344. The summed E-state index contributed by atoms with van der Waals surface area (Å²) in [7, 11) is 0. The molecule has 16 heavy (non-hydrogen) atoms.